The number of halogens is 2. The smallest absolute Gasteiger partial charge is 0.263 e. The second-order valence-electron chi connectivity index (χ2n) is 4.89. The molecule has 1 aromatic rings. The largest absolute Gasteiger partial charge is 0.312 e. The van der Waals surface area contributed by atoms with Gasteiger partial charge < -0.3 is 5.32 Å². The Morgan fingerprint density at radius 3 is 2.12 bits per heavy atom. The second-order valence-corrected chi connectivity index (χ2v) is 4.89. The molecule has 3 heteroatoms. The zero-order chi connectivity index (χ0) is 12.8. The Morgan fingerprint density at radius 1 is 1.06 bits per heavy atom. The monoisotopic (exact) mass is 241 g/mol. The summed E-state index contributed by atoms with van der Waals surface area (Å²) in [7, 11) is 0. The molecule has 96 valence electrons. The predicted molar refractivity (Wildman–Crippen MR) is 67.1 cm³/mol. The maximum atomic E-state index is 12.3. The van der Waals surface area contributed by atoms with E-state index in [4.69, 9.17) is 0 Å². The topological polar surface area (TPSA) is 12.0 Å². The van der Waals surface area contributed by atoms with E-state index in [1.54, 1.807) is 12.1 Å². The molecule has 0 saturated carbocycles. The number of hydrogen-bond donors (Lipinski definition) is 1. The minimum atomic E-state index is -2.38. The highest BCUT2D eigenvalue weighted by atomic mass is 19.3. The summed E-state index contributed by atoms with van der Waals surface area (Å²) >= 11 is 0. The highest BCUT2D eigenvalue weighted by Gasteiger charge is 2.07. The van der Waals surface area contributed by atoms with Crippen molar-refractivity contribution in [2.45, 2.75) is 33.7 Å². The maximum Gasteiger partial charge on any atom is 0.263 e. The first kappa shape index (κ1) is 14.1. The van der Waals surface area contributed by atoms with Gasteiger partial charge in [-0.05, 0) is 23.9 Å². The van der Waals surface area contributed by atoms with Gasteiger partial charge in [0, 0.05) is 12.1 Å². The van der Waals surface area contributed by atoms with Crippen molar-refractivity contribution in [3.63, 3.8) is 0 Å². The highest BCUT2D eigenvalue weighted by Crippen LogP contribution is 2.18. The van der Waals surface area contributed by atoms with Crippen molar-refractivity contribution in [1.29, 1.82) is 0 Å². The highest BCUT2D eigenvalue weighted by molar-refractivity contribution is 5.23. The van der Waals surface area contributed by atoms with Crippen LogP contribution in [-0.2, 0) is 6.54 Å². The summed E-state index contributed by atoms with van der Waals surface area (Å²) in [6.45, 7) is 8.29. The average molecular weight is 241 g/mol. The molecule has 1 unspecified atom stereocenters. The van der Waals surface area contributed by atoms with Crippen molar-refractivity contribution < 1.29 is 8.78 Å². The van der Waals surface area contributed by atoms with Gasteiger partial charge in [0.05, 0.1) is 0 Å². The minimum Gasteiger partial charge on any atom is -0.312 e. The summed E-state index contributed by atoms with van der Waals surface area (Å²) in [5.41, 5.74) is 1.13. The zero-order valence-corrected chi connectivity index (χ0v) is 10.7. The van der Waals surface area contributed by atoms with Crippen LogP contribution in [0, 0.1) is 11.8 Å². The van der Waals surface area contributed by atoms with E-state index in [0.29, 0.717) is 11.8 Å². The lowest BCUT2D eigenvalue weighted by Crippen LogP contribution is -2.23. The molecule has 0 amide bonds. The van der Waals surface area contributed by atoms with Gasteiger partial charge in [-0.1, -0.05) is 45.0 Å². The Bertz CT molecular complexity index is 319. The maximum absolute atomic E-state index is 12.3. The van der Waals surface area contributed by atoms with Crippen LogP contribution in [0.15, 0.2) is 24.3 Å². The van der Waals surface area contributed by atoms with Crippen LogP contribution in [0.3, 0.4) is 0 Å². The fourth-order valence-corrected chi connectivity index (χ4v) is 1.46. The summed E-state index contributed by atoms with van der Waals surface area (Å²) in [4.78, 5) is 0. The van der Waals surface area contributed by atoms with E-state index < -0.39 is 6.43 Å². The quantitative estimate of drug-likeness (QED) is 0.793. The Labute approximate surface area is 102 Å². The van der Waals surface area contributed by atoms with Gasteiger partial charge in [-0.2, -0.15) is 0 Å². The van der Waals surface area contributed by atoms with Gasteiger partial charge in [0.1, 0.15) is 0 Å². The molecule has 1 N–H and O–H groups in total. The number of nitrogens with one attached hydrogen (secondary N) is 1. The molecule has 0 aliphatic heterocycles. The van der Waals surface area contributed by atoms with Gasteiger partial charge in [-0.3, -0.25) is 0 Å². The summed E-state index contributed by atoms with van der Waals surface area (Å²) in [5.74, 6) is 1.28. The van der Waals surface area contributed by atoms with Crippen LogP contribution in [0.25, 0.3) is 0 Å². The summed E-state index contributed by atoms with van der Waals surface area (Å²) in [5, 5.41) is 3.34. The third-order valence-corrected chi connectivity index (χ3v) is 3.17. The molecule has 1 nitrogen and oxygen atoms in total. The standard InChI is InChI=1S/C14H21F2N/c1-10(2)11(3)8-17-9-12-4-6-13(7-5-12)14(15)16/h4-7,10-11,14,17H,8-9H2,1-3H3. The summed E-state index contributed by atoms with van der Waals surface area (Å²) in [6, 6.07) is 6.50. The van der Waals surface area contributed by atoms with E-state index in [-0.39, 0.29) is 5.56 Å². The summed E-state index contributed by atoms with van der Waals surface area (Å²) in [6.07, 6.45) is -2.38. The van der Waals surface area contributed by atoms with Gasteiger partial charge in [0.15, 0.2) is 0 Å². The molecule has 0 saturated heterocycles. The molecule has 0 heterocycles. The summed E-state index contributed by atoms with van der Waals surface area (Å²) < 4.78 is 24.7. The second kappa shape index (κ2) is 6.70. The molecule has 0 fully saturated rings. The van der Waals surface area contributed by atoms with Gasteiger partial charge in [0.25, 0.3) is 6.43 Å². The van der Waals surface area contributed by atoms with Crippen molar-refractivity contribution >= 4 is 0 Å². The van der Waals surface area contributed by atoms with Crippen LogP contribution in [0.1, 0.15) is 38.3 Å². The molecule has 1 aromatic carbocycles. The number of rotatable bonds is 6. The van der Waals surface area contributed by atoms with Gasteiger partial charge >= 0.3 is 0 Å². The van der Waals surface area contributed by atoms with Gasteiger partial charge in [0.2, 0.25) is 0 Å². The van der Waals surface area contributed by atoms with Gasteiger partial charge in [-0.15, -0.1) is 0 Å². The lowest BCUT2D eigenvalue weighted by molar-refractivity contribution is 0.151. The van der Waals surface area contributed by atoms with E-state index in [1.165, 1.54) is 12.1 Å². The first-order valence-electron chi connectivity index (χ1n) is 6.08. The number of benzene rings is 1. The third kappa shape index (κ3) is 4.82. The lowest BCUT2D eigenvalue weighted by Gasteiger charge is -2.16. The molecule has 0 bridgehead atoms. The predicted octanol–water partition coefficient (Wildman–Crippen LogP) is 4.01. The SMILES string of the molecule is CC(C)C(C)CNCc1ccc(C(F)F)cc1. The zero-order valence-electron chi connectivity index (χ0n) is 10.7. The van der Waals surface area contributed by atoms with E-state index in [9.17, 15) is 8.78 Å². The average Bonchev–Trinajstić information content (AvgIpc) is 2.29. The molecular weight excluding hydrogens is 220 g/mol. The molecular formula is C14H21F2N. The molecule has 17 heavy (non-hydrogen) atoms. The van der Waals surface area contributed by atoms with Crippen LogP contribution in [0.2, 0.25) is 0 Å². The van der Waals surface area contributed by atoms with Crippen LogP contribution in [0.5, 0.6) is 0 Å². The van der Waals surface area contributed by atoms with Crippen molar-refractivity contribution in [2.24, 2.45) is 11.8 Å². The normalized spacial score (nSPS) is 13.4. The van der Waals surface area contributed by atoms with E-state index in [0.717, 1.165) is 18.7 Å². The number of hydrogen-bond acceptors (Lipinski definition) is 1. The molecule has 0 aliphatic carbocycles. The van der Waals surface area contributed by atoms with Crippen molar-refractivity contribution in [3.8, 4) is 0 Å². The van der Waals surface area contributed by atoms with E-state index >= 15 is 0 Å². The Hall–Kier alpha value is -0.960. The van der Waals surface area contributed by atoms with E-state index in [2.05, 4.69) is 26.1 Å². The van der Waals surface area contributed by atoms with Gasteiger partial charge in [-0.25, -0.2) is 8.78 Å². The van der Waals surface area contributed by atoms with Crippen molar-refractivity contribution in [1.82, 2.24) is 5.32 Å². The van der Waals surface area contributed by atoms with Crippen LogP contribution < -0.4 is 5.32 Å². The molecule has 0 aliphatic rings. The molecule has 0 radical (unpaired) electrons. The third-order valence-electron chi connectivity index (χ3n) is 3.17. The number of alkyl halides is 2. The molecule has 1 atom stereocenters. The van der Waals surface area contributed by atoms with Crippen LogP contribution >= 0.6 is 0 Å². The minimum absolute atomic E-state index is 0.0873. The Kier molecular flexibility index (Phi) is 5.56. The Balaban J connectivity index is 2.37. The molecule has 0 aromatic heterocycles. The van der Waals surface area contributed by atoms with Crippen molar-refractivity contribution in [2.75, 3.05) is 6.54 Å². The fraction of sp³-hybridized carbons (Fsp3) is 0.571. The fourth-order valence-electron chi connectivity index (χ4n) is 1.46. The first-order chi connectivity index (χ1) is 8.00. The Morgan fingerprint density at radius 2 is 1.65 bits per heavy atom. The molecule has 0 spiro atoms. The van der Waals surface area contributed by atoms with Crippen LogP contribution in [-0.4, -0.2) is 6.54 Å². The van der Waals surface area contributed by atoms with Crippen LogP contribution in [0.4, 0.5) is 8.78 Å². The first-order valence-corrected chi connectivity index (χ1v) is 6.08. The molecule has 1 rings (SSSR count). The lowest BCUT2D eigenvalue weighted by atomic mass is 9.98. The van der Waals surface area contributed by atoms with E-state index in [1.807, 2.05) is 0 Å². The van der Waals surface area contributed by atoms with Crippen molar-refractivity contribution in [3.05, 3.63) is 35.4 Å².